The number of ketones is 1. The molecule has 1 rings (SSSR count). The van der Waals surface area contributed by atoms with E-state index < -0.39 is 0 Å². The highest BCUT2D eigenvalue weighted by atomic mass is 16.3. The Morgan fingerprint density at radius 1 is 1.64 bits per heavy atom. The van der Waals surface area contributed by atoms with Gasteiger partial charge in [-0.3, -0.25) is 4.79 Å². The second kappa shape index (κ2) is 2.86. The normalized spacial score (nSPS) is 10.5. The first-order chi connectivity index (χ1) is 5.13. The van der Waals surface area contributed by atoms with Gasteiger partial charge in [-0.25, -0.2) is 4.98 Å². The Hall–Kier alpha value is -1.12. The van der Waals surface area contributed by atoms with Crippen LogP contribution >= 0.6 is 0 Å². The number of rotatable bonds is 2. The summed E-state index contributed by atoms with van der Waals surface area (Å²) in [4.78, 5) is 15.1. The minimum Gasteiger partial charge on any atom is -0.440 e. The van der Waals surface area contributed by atoms with Gasteiger partial charge < -0.3 is 4.42 Å². The predicted molar refractivity (Wildman–Crippen MR) is 40.4 cm³/mol. The van der Waals surface area contributed by atoms with E-state index in [4.69, 9.17) is 4.42 Å². The molecule has 0 atom stereocenters. The molecule has 3 nitrogen and oxygen atoms in total. The molecule has 0 spiro atoms. The van der Waals surface area contributed by atoms with Crippen LogP contribution in [0.4, 0.5) is 0 Å². The van der Waals surface area contributed by atoms with Gasteiger partial charge in [0.2, 0.25) is 5.78 Å². The maximum Gasteiger partial charge on any atom is 0.202 e. The van der Waals surface area contributed by atoms with Crippen molar-refractivity contribution in [2.45, 2.75) is 20.8 Å². The fraction of sp³-hybridized carbons (Fsp3) is 0.500. The molecule has 1 aromatic rings. The second-order valence-corrected chi connectivity index (χ2v) is 2.79. The lowest BCUT2D eigenvalue weighted by Crippen LogP contribution is -2.07. The topological polar surface area (TPSA) is 43.1 Å². The summed E-state index contributed by atoms with van der Waals surface area (Å²) >= 11 is 0. The summed E-state index contributed by atoms with van der Waals surface area (Å²) < 4.78 is 4.93. The van der Waals surface area contributed by atoms with Gasteiger partial charge in [0.25, 0.3) is 0 Å². The first kappa shape index (κ1) is 7.98. The molecule has 0 aliphatic carbocycles. The van der Waals surface area contributed by atoms with Crippen LogP contribution in [-0.4, -0.2) is 10.8 Å². The average Bonchev–Trinajstić information content (AvgIpc) is 2.33. The average molecular weight is 153 g/mol. The molecule has 3 heteroatoms. The van der Waals surface area contributed by atoms with Crippen LogP contribution < -0.4 is 0 Å². The Bertz CT molecular complexity index is 263. The number of nitrogens with zero attached hydrogens (tertiary/aromatic N) is 1. The molecule has 0 amide bonds. The SMILES string of the molecule is Cc1ncoc1C(=O)C(C)C. The highest BCUT2D eigenvalue weighted by molar-refractivity contribution is 5.95. The van der Waals surface area contributed by atoms with Gasteiger partial charge in [0, 0.05) is 5.92 Å². The highest BCUT2D eigenvalue weighted by Crippen LogP contribution is 2.11. The van der Waals surface area contributed by atoms with Crippen molar-refractivity contribution >= 4 is 5.78 Å². The molecule has 0 N–H and O–H groups in total. The summed E-state index contributed by atoms with van der Waals surface area (Å²) in [7, 11) is 0. The van der Waals surface area contributed by atoms with Crippen molar-refractivity contribution in [2.75, 3.05) is 0 Å². The van der Waals surface area contributed by atoms with E-state index in [1.165, 1.54) is 6.39 Å². The lowest BCUT2D eigenvalue weighted by Gasteiger charge is -1.98. The van der Waals surface area contributed by atoms with Crippen LogP contribution in [0.25, 0.3) is 0 Å². The monoisotopic (exact) mass is 153 g/mol. The molecule has 0 unspecified atom stereocenters. The lowest BCUT2D eigenvalue weighted by molar-refractivity contribution is 0.0910. The number of carbonyl (C=O) groups excluding carboxylic acids is 1. The fourth-order valence-corrected chi connectivity index (χ4v) is 0.801. The van der Waals surface area contributed by atoms with Gasteiger partial charge in [-0.15, -0.1) is 0 Å². The van der Waals surface area contributed by atoms with Crippen molar-refractivity contribution in [1.82, 2.24) is 4.98 Å². The van der Waals surface area contributed by atoms with Gasteiger partial charge >= 0.3 is 0 Å². The van der Waals surface area contributed by atoms with E-state index >= 15 is 0 Å². The maximum absolute atomic E-state index is 11.3. The number of hydrogen-bond donors (Lipinski definition) is 0. The quantitative estimate of drug-likeness (QED) is 0.608. The molecule has 11 heavy (non-hydrogen) atoms. The van der Waals surface area contributed by atoms with Gasteiger partial charge in [-0.1, -0.05) is 13.8 Å². The molecular formula is C8H11NO2. The summed E-state index contributed by atoms with van der Waals surface area (Å²) in [6, 6.07) is 0. The first-order valence-corrected chi connectivity index (χ1v) is 3.57. The van der Waals surface area contributed by atoms with Crippen LogP contribution in [0.15, 0.2) is 10.8 Å². The number of hydrogen-bond acceptors (Lipinski definition) is 3. The van der Waals surface area contributed by atoms with Crippen molar-refractivity contribution in [1.29, 1.82) is 0 Å². The Balaban J connectivity index is 2.93. The summed E-state index contributed by atoms with van der Waals surface area (Å²) in [5.74, 6) is 0.377. The van der Waals surface area contributed by atoms with E-state index in [1.54, 1.807) is 6.92 Å². The summed E-state index contributed by atoms with van der Waals surface area (Å²) in [6.45, 7) is 5.44. The Labute approximate surface area is 65.4 Å². The van der Waals surface area contributed by atoms with Crippen molar-refractivity contribution in [3.63, 3.8) is 0 Å². The van der Waals surface area contributed by atoms with Crippen LogP contribution in [0.1, 0.15) is 30.1 Å². The molecular weight excluding hydrogens is 142 g/mol. The van der Waals surface area contributed by atoms with Crippen LogP contribution in [0.3, 0.4) is 0 Å². The molecule has 0 radical (unpaired) electrons. The van der Waals surface area contributed by atoms with Gasteiger partial charge in [0.05, 0.1) is 5.69 Å². The van der Waals surface area contributed by atoms with E-state index in [0.717, 1.165) is 0 Å². The largest absolute Gasteiger partial charge is 0.440 e. The van der Waals surface area contributed by atoms with E-state index in [2.05, 4.69) is 4.98 Å². The molecule has 0 aromatic carbocycles. The van der Waals surface area contributed by atoms with Crippen LogP contribution in [-0.2, 0) is 0 Å². The summed E-state index contributed by atoms with van der Waals surface area (Å²) in [5.41, 5.74) is 0.670. The number of carbonyl (C=O) groups is 1. The van der Waals surface area contributed by atoms with E-state index in [-0.39, 0.29) is 11.7 Å². The Morgan fingerprint density at radius 2 is 2.27 bits per heavy atom. The summed E-state index contributed by atoms with van der Waals surface area (Å²) in [5, 5.41) is 0. The fourth-order valence-electron chi connectivity index (χ4n) is 0.801. The standard InChI is InChI=1S/C8H11NO2/c1-5(2)7(10)8-6(3)9-4-11-8/h4-5H,1-3H3. The van der Waals surface area contributed by atoms with Gasteiger partial charge in [0.15, 0.2) is 12.2 Å². The molecule has 0 aliphatic heterocycles. The second-order valence-electron chi connectivity index (χ2n) is 2.79. The van der Waals surface area contributed by atoms with Crippen molar-refractivity contribution in [2.24, 2.45) is 5.92 Å². The Kier molecular flexibility index (Phi) is 2.08. The van der Waals surface area contributed by atoms with Gasteiger partial charge in [-0.05, 0) is 6.92 Å². The van der Waals surface area contributed by atoms with Crippen LogP contribution in [0.2, 0.25) is 0 Å². The zero-order valence-electron chi connectivity index (χ0n) is 6.92. The minimum absolute atomic E-state index is 0.0139. The maximum atomic E-state index is 11.3. The highest BCUT2D eigenvalue weighted by Gasteiger charge is 2.16. The Morgan fingerprint density at radius 3 is 2.64 bits per heavy atom. The van der Waals surface area contributed by atoms with Crippen LogP contribution in [0, 0.1) is 12.8 Å². The molecule has 0 saturated carbocycles. The molecule has 1 heterocycles. The lowest BCUT2D eigenvalue weighted by atomic mass is 10.1. The zero-order valence-corrected chi connectivity index (χ0v) is 6.92. The third kappa shape index (κ3) is 1.48. The number of aromatic nitrogens is 1. The smallest absolute Gasteiger partial charge is 0.202 e. The number of aryl methyl sites for hydroxylation is 1. The van der Waals surface area contributed by atoms with Gasteiger partial charge in [0.1, 0.15) is 0 Å². The number of Topliss-reactive ketones (excluding diaryl/α,β-unsaturated/α-hetero) is 1. The van der Waals surface area contributed by atoms with E-state index in [1.807, 2.05) is 13.8 Å². The van der Waals surface area contributed by atoms with E-state index in [9.17, 15) is 4.79 Å². The summed E-state index contributed by atoms with van der Waals surface area (Å²) in [6.07, 6.45) is 1.30. The van der Waals surface area contributed by atoms with Crippen molar-refractivity contribution < 1.29 is 9.21 Å². The molecule has 0 aliphatic rings. The minimum atomic E-state index is -0.0263. The third-order valence-electron chi connectivity index (χ3n) is 1.49. The van der Waals surface area contributed by atoms with Crippen LogP contribution in [0.5, 0.6) is 0 Å². The van der Waals surface area contributed by atoms with Crippen molar-refractivity contribution in [3.05, 3.63) is 17.8 Å². The predicted octanol–water partition coefficient (Wildman–Crippen LogP) is 1.82. The van der Waals surface area contributed by atoms with Crippen molar-refractivity contribution in [3.8, 4) is 0 Å². The molecule has 60 valence electrons. The molecule has 1 aromatic heterocycles. The van der Waals surface area contributed by atoms with Gasteiger partial charge in [-0.2, -0.15) is 0 Å². The first-order valence-electron chi connectivity index (χ1n) is 3.57. The molecule has 0 bridgehead atoms. The molecule has 0 saturated heterocycles. The molecule has 0 fully saturated rings. The van der Waals surface area contributed by atoms with E-state index in [0.29, 0.717) is 11.5 Å². The third-order valence-corrected chi connectivity index (χ3v) is 1.49. The number of oxazole rings is 1. The zero-order chi connectivity index (χ0) is 8.43.